The first-order valence-corrected chi connectivity index (χ1v) is 12.9. The van der Waals surface area contributed by atoms with Gasteiger partial charge in [-0.3, -0.25) is 14.2 Å². The molecule has 200 valence electrons. The number of hydrogen-bond acceptors (Lipinski definition) is 6. The van der Waals surface area contributed by atoms with Crippen molar-refractivity contribution >= 4 is 35.0 Å². The minimum absolute atomic E-state index is 0.0110. The minimum Gasteiger partial charge on any atom is -0.478 e. The quantitative estimate of drug-likeness (QED) is 0.260. The minimum atomic E-state index is -1.05. The van der Waals surface area contributed by atoms with E-state index in [1.54, 1.807) is 30.3 Å². The van der Waals surface area contributed by atoms with Crippen LogP contribution in [0.5, 0.6) is 0 Å². The summed E-state index contributed by atoms with van der Waals surface area (Å²) in [4.78, 5) is 42.8. The predicted molar refractivity (Wildman–Crippen MR) is 150 cm³/mol. The van der Waals surface area contributed by atoms with Crippen LogP contribution in [0, 0.1) is 0 Å². The van der Waals surface area contributed by atoms with Crippen LogP contribution in [0.1, 0.15) is 27.5 Å². The third-order valence-corrected chi connectivity index (χ3v) is 6.75. The number of Topliss-reactive ketones (excluding diaryl/α,β-unsaturated/α-hetero) is 1. The monoisotopic (exact) mass is 573 g/mol. The average molecular weight is 574 g/mol. The Hall–Kier alpha value is -4.60. The third-order valence-electron chi connectivity index (χ3n) is 6.34. The summed E-state index contributed by atoms with van der Waals surface area (Å²) in [7, 11) is 0. The second-order valence-electron chi connectivity index (χ2n) is 9.02. The standard InChI is InChI=1S/C29H21Cl2N5O4/c30-21-10-11-24(36-16-27(31)33-34-36)22(14-21)23-15-28(38)35(17-32-23)25(12-18-4-2-1-3-5-18)26(37)13-19-6-8-20(9-7-19)29(39)40/h1-11,14-17,25H,12-13H2,(H,39,40)/t25-/m0/s1. The largest absolute Gasteiger partial charge is 0.478 e. The molecular weight excluding hydrogens is 553 g/mol. The van der Waals surface area contributed by atoms with Crippen LogP contribution in [0.25, 0.3) is 16.9 Å². The molecule has 0 spiro atoms. The fraction of sp³-hybridized carbons (Fsp3) is 0.103. The molecule has 11 heteroatoms. The van der Waals surface area contributed by atoms with Crippen LogP contribution in [0.3, 0.4) is 0 Å². The Morgan fingerprint density at radius 1 is 0.925 bits per heavy atom. The van der Waals surface area contributed by atoms with Crippen LogP contribution >= 0.6 is 23.2 Å². The van der Waals surface area contributed by atoms with Gasteiger partial charge in [-0.25, -0.2) is 14.5 Å². The van der Waals surface area contributed by atoms with E-state index in [4.69, 9.17) is 28.3 Å². The zero-order valence-electron chi connectivity index (χ0n) is 20.8. The van der Waals surface area contributed by atoms with Crippen LogP contribution in [0.4, 0.5) is 0 Å². The number of ketones is 1. The molecule has 9 nitrogen and oxygen atoms in total. The van der Waals surface area contributed by atoms with E-state index in [0.717, 1.165) is 5.56 Å². The van der Waals surface area contributed by atoms with Gasteiger partial charge in [-0.2, -0.15) is 0 Å². The van der Waals surface area contributed by atoms with E-state index in [1.165, 1.54) is 40.0 Å². The molecule has 0 aliphatic heterocycles. The molecule has 1 atom stereocenters. The molecule has 3 aromatic carbocycles. The summed E-state index contributed by atoms with van der Waals surface area (Å²) in [5.41, 5.74) is 2.64. The first-order chi connectivity index (χ1) is 19.3. The first kappa shape index (κ1) is 27.0. The number of aromatic carboxylic acids is 1. The maximum absolute atomic E-state index is 13.6. The Balaban J connectivity index is 1.51. The molecule has 0 unspecified atom stereocenters. The molecule has 2 heterocycles. The summed E-state index contributed by atoms with van der Waals surface area (Å²) in [5.74, 6) is -1.27. The maximum atomic E-state index is 13.6. The summed E-state index contributed by atoms with van der Waals surface area (Å²) in [6.07, 6.45) is 3.16. The zero-order chi connectivity index (χ0) is 28.2. The van der Waals surface area contributed by atoms with Crippen LogP contribution in [0.15, 0.2) is 96.2 Å². The van der Waals surface area contributed by atoms with E-state index in [9.17, 15) is 14.4 Å². The van der Waals surface area contributed by atoms with Crippen molar-refractivity contribution in [1.82, 2.24) is 24.5 Å². The van der Waals surface area contributed by atoms with Crippen molar-refractivity contribution in [2.24, 2.45) is 0 Å². The Morgan fingerprint density at radius 3 is 2.33 bits per heavy atom. The van der Waals surface area contributed by atoms with E-state index in [-0.39, 0.29) is 29.3 Å². The highest BCUT2D eigenvalue weighted by atomic mass is 35.5. The van der Waals surface area contributed by atoms with Gasteiger partial charge in [0.15, 0.2) is 10.9 Å². The molecule has 1 N–H and O–H groups in total. The highest BCUT2D eigenvalue weighted by molar-refractivity contribution is 6.31. The van der Waals surface area contributed by atoms with Gasteiger partial charge >= 0.3 is 5.97 Å². The van der Waals surface area contributed by atoms with Gasteiger partial charge < -0.3 is 5.11 Å². The normalized spacial score (nSPS) is 11.8. The fourth-order valence-electron chi connectivity index (χ4n) is 4.35. The number of benzene rings is 3. The van der Waals surface area contributed by atoms with Gasteiger partial charge in [0.2, 0.25) is 0 Å². The van der Waals surface area contributed by atoms with Crippen molar-refractivity contribution in [2.75, 3.05) is 0 Å². The summed E-state index contributed by atoms with van der Waals surface area (Å²) in [6.45, 7) is 0. The number of carboxylic acid groups (broad SMARTS) is 1. The maximum Gasteiger partial charge on any atom is 0.335 e. The van der Waals surface area contributed by atoms with Crippen molar-refractivity contribution in [2.45, 2.75) is 18.9 Å². The summed E-state index contributed by atoms with van der Waals surface area (Å²) < 4.78 is 2.78. The van der Waals surface area contributed by atoms with Gasteiger partial charge in [-0.05, 0) is 41.5 Å². The van der Waals surface area contributed by atoms with E-state index in [1.807, 2.05) is 30.3 Å². The third kappa shape index (κ3) is 6.01. The zero-order valence-corrected chi connectivity index (χ0v) is 22.3. The van der Waals surface area contributed by atoms with Crippen LogP contribution in [0.2, 0.25) is 10.2 Å². The van der Waals surface area contributed by atoms with Gasteiger partial charge in [0.05, 0.1) is 29.5 Å². The van der Waals surface area contributed by atoms with Gasteiger partial charge in [-0.15, -0.1) is 5.10 Å². The second-order valence-corrected chi connectivity index (χ2v) is 9.84. The predicted octanol–water partition coefficient (Wildman–Crippen LogP) is 5.09. The molecule has 0 saturated carbocycles. The second kappa shape index (κ2) is 11.6. The molecule has 5 rings (SSSR count). The number of carboxylic acids is 1. The molecule has 0 aliphatic rings. The summed E-state index contributed by atoms with van der Waals surface area (Å²) >= 11 is 12.2. The summed E-state index contributed by atoms with van der Waals surface area (Å²) in [5, 5.41) is 17.6. The van der Waals surface area contributed by atoms with Gasteiger partial charge in [0, 0.05) is 29.5 Å². The number of carbonyl (C=O) groups excluding carboxylic acids is 1. The van der Waals surface area contributed by atoms with E-state index < -0.39 is 17.6 Å². The average Bonchev–Trinajstić information content (AvgIpc) is 3.38. The lowest BCUT2D eigenvalue weighted by Gasteiger charge is -2.19. The molecule has 0 radical (unpaired) electrons. The molecule has 5 aromatic rings. The fourth-order valence-corrected chi connectivity index (χ4v) is 4.65. The molecular formula is C29H21Cl2N5O4. The Kier molecular flexibility index (Phi) is 7.86. The van der Waals surface area contributed by atoms with Crippen molar-refractivity contribution in [3.05, 3.63) is 129 Å². The van der Waals surface area contributed by atoms with Crippen LogP contribution < -0.4 is 5.56 Å². The van der Waals surface area contributed by atoms with Crippen LogP contribution in [-0.2, 0) is 17.6 Å². The molecule has 0 fully saturated rings. The Bertz CT molecular complexity index is 1750. The lowest BCUT2D eigenvalue weighted by molar-refractivity contribution is -0.121. The van der Waals surface area contributed by atoms with Gasteiger partial charge in [0.25, 0.3) is 5.56 Å². The lowest BCUT2D eigenvalue weighted by Crippen LogP contribution is -2.32. The number of nitrogens with zero attached hydrogens (tertiary/aromatic N) is 5. The number of hydrogen-bond donors (Lipinski definition) is 1. The van der Waals surface area contributed by atoms with E-state index in [0.29, 0.717) is 27.5 Å². The highest BCUT2D eigenvalue weighted by Gasteiger charge is 2.23. The van der Waals surface area contributed by atoms with E-state index in [2.05, 4.69) is 15.3 Å². The molecule has 0 aliphatic carbocycles. The van der Waals surface area contributed by atoms with Crippen molar-refractivity contribution in [1.29, 1.82) is 0 Å². The first-order valence-electron chi connectivity index (χ1n) is 12.1. The Morgan fingerprint density at radius 2 is 1.68 bits per heavy atom. The van der Waals surface area contributed by atoms with Crippen LogP contribution in [-0.4, -0.2) is 41.4 Å². The number of rotatable bonds is 9. The highest BCUT2D eigenvalue weighted by Crippen LogP contribution is 2.28. The Labute approximate surface area is 238 Å². The van der Waals surface area contributed by atoms with Gasteiger partial charge in [0.1, 0.15) is 6.04 Å². The van der Waals surface area contributed by atoms with E-state index >= 15 is 0 Å². The van der Waals surface area contributed by atoms with Gasteiger partial charge in [-0.1, -0.05) is 70.9 Å². The lowest BCUT2D eigenvalue weighted by atomic mass is 9.97. The molecule has 0 bridgehead atoms. The number of aromatic nitrogens is 5. The number of carbonyl (C=O) groups is 2. The molecule has 0 saturated heterocycles. The number of halogens is 2. The molecule has 0 amide bonds. The smallest absolute Gasteiger partial charge is 0.335 e. The molecule has 40 heavy (non-hydrogen) atoms. The SMILES string of the molecule is O=C(O)c1ccc(CC(=O)[C@H](Cc2ccccc2)n2cnc(-c3cc(Cl)ccc3-n3cc(Cl)nn3)cc2=O)cc1. The molecule has 2 aromatic heterocycles. The van der Waals surface area contributed by atoms with Crippen molar-refractivity contribution in [3.8, 4) is 16.9 Å². The van der Waals surface area contributed by atoms with Crippen molar-refractivity contribution in [3.63, 3.8) is 0 Å². The van der Waals surface area contributed by atoms with Crippen molar-refractivity contribution < 1.29 is 14.7 Å². The topological polar surface area (TPSA) is 120 Å². The summed E-state index contributed by atoms with van der Waals surface area (Å²) in [6, 6.07) is 21.0.